The van der Waals surface area contributed by atoms with E-state index in [4.69, 9.17) is 5.73 Å². The Balaban J connectivity index is 1.66. The second-order valence-corrected chi connectivity index (χ2v) is 10.2. The third kappa shape index (κ3) is 8.32. The van der Waals surface area contributed by atoms with Crippen LogP contribution >= 0.6 is 12.6 Å². The van der Waals surface area contributed by atoms with Gasteiger partial charge >= 0.3 is 5.97 Å². The topological polar surface area (TPSA) is 195 Å². The summed E-state index contributed by atoms with van der Waals surface area (Å²) >= 11 is 4.18. The number of nitrogens with one attached hydrogen (secondary N) is 5. The van der Waals surface area contributed by atoms with Crippen LogP contribution in [-0.2, 0) is 32.0 Å². The number of amides is 3. The van der Waals surface area contributed by atoms with Gasteiger partial charge in [-0.3, -0.25) is 14.4 Å². The molecule has 2 heterocycles. The number of benzene rings is 1. The summed E-state index contributed by atoms with van der Waals surface area (Å²) in [6.07, 6.45) is 5.24. The predicted molar refractivity (Wildman–Crippen MR) is 149 cm³/mol. The highest BCUT2D eigenvalue weighted by molar-refractivity contribution is 7.80. The van der Waals surface area contributed by atoms with Crippen LogP contribution in [0.4, 0.5) is 0 Å². The van der Waals surface area contributed by atoms with Crippen LogP contribution in [0.25, 0.3) is 10.9 Å². The van der Waals surface area contributed by atoms with Gasteiger partial charge in [-0.1, -0.05) is 32.0 Å². The van der Waals surface area contributed by atoms with Gasteiger partial charge in [0.05, 0.1) is 12.4 Å². The van der Waals surface area contributed by atoms with Crippen molar-refractivity contribution < 1.29 is 24.3 Å². The molecule has 12 nitrogen and oxygen atoms in total. The van der Waals surface area contributed by atoms with Gasteiger partial charge in [-0.05, 0) is 24.0 Å². The maximum Gasteiger partial charge on any atom is 0.326 e. The number of carbonyl (C=O) groups excluding carboxylic acids is 3. The Bertz CT molecular complexity index is 1280. The summed E-state index contributed by atoms with van der Waals surface area (Å²) in [5.41, 5.74) is 8.23. The van der Waals surface area contributed by atoms with Crippen molar-refractivity contribution in [1.82, 2.24) is 30.9 Å². The molecule has 0 spiro atoms. The highest BCUT2D eigenvalue weighted by Crippen LogP contribution is 2.19. The van der Waals surface area contributed by atoms with E-state index in [1.54, 1.807) is 12.4 Å². The number of para-hydroxylation sites is 1. The van der Waals surface area contributed by atoms with Crippen LogP contribution in [0.15, 0.2) is 43.0 Å². The fourth-order valence-electron chi connectivity index (χ4n) is 4.17. The van der Waals surface area contributed by atoms with Crippen molar-refractivity contribution >= 4 is 47.2 Å². The van der Waals surface area contributed by atoms with E-state index >= 15 is 0 Å². The van der Waals surface area contributed by atoms with E-state index in [1.807, 2.05) is 38.1 Å². The molecular formula is C26H35N7O5S. The van der Waals surface area contributed by atoms with E-state index in [0.29, 0.717) is 5.69 Å². The number of hydrogen-bond donors (Lipinski definition) is 8. The molecule has 0 saturated heterocycles. The summed E-state index contributed by atoms with van der Waals surface area (Å²) in [6.45, 7) is 3.75. The number of carboxylic acid groups (broad SMARTS) is 1. The Morgan fingerprint density at radius 2 is 1.64 bits per heavy atom. The van der Waals surface area contributed by atoms with Gasteiger partial charge in [0.15, 0.2) is 0 Å². The molecule has 1 aromatic carbocycles. The number of hydrogen-bond acceptors (Lipinski definition) is 7. The minimum atomic E-state index is -1.22. The van der Waals surface area contributed by atoms with Crippen LogP contribution in [0.1, 0.15) is 31.5 Å². The lowest BCUT2D eigenvalue weighted by atomic mass is 10.0. The number of nitrogens with zero attached hydrogens (tertiary/aromatic N) is 1. The Morgan fingerprint density at radius 1 is 0.974 bits per heavy atom. The Hall–Kier alpha value is -3.84. The second kappa shape index (κ2) is 13.8. The van der Waals surface area contributed by atoms with Crippen molar-refractivity contribution in [2.45, 2.75) is 57.3 Å². The first-order valence-corrected chi connectivity index (χ1v) is 13.2. The fourth-order valence-corrected chi connectivity index (χ4v) is 4.42. The average Bonchev–Trinajstić information content (AvgIpc) is 3.55. The molecule has 0 aliphatic heterocycles. The van der Waals surface area contributed by atoms with E-state index in [9.17, 15) is 24.3 Å². The number of nitrogens with two attached hydrogens (primary N) is 1. The van der Waals surface area contributed by atoms with E-state index < -0.39 is 47.9 Å². The molecule has 0 fully saturated rings. The Morgan fingerprint density at radius 3 is 2.28 bits per heavy atom. The van der Waals surface area contributed by atoms with E-state index in [0.717, 1.165) is 16.5 Å². The van der Waals surface area contributed by atoms with Gasteiger partial charge in [0.2, 0.25) is 17.7 Å². The molecule has 3 rings (SSSR count). The quantitative estimate of drug-likeness (QED) is 0.132. The molecule has 39 heavy (non-hydrogen) atoms. The molecule has 0 bridgehead atoms. The number of imidazole rings is 1. The van der Waals surface area contributed by atoms with Gasteiger partial charge in [-0.2, -0.15) is 12.6 Å². The summed E-state index contributed by atoms with van der Waals surface area (Å²) in [5, 5.41) is 18.5. The molecule has 13 heteroatoms. The SMILES string of the molecule is CC(C)CC(NC(=O)C(CS)NC(=O)C(N)Cc1cnc[nH]1)C(=O)NC(Cc1c[nH]c2ccccc12)C(=O)O. The van der Waals surface area contributed by atoms with Crippen LogP contribution < -0.4 is 21.7 Å². The van der Waals surface area contributed by atoms with Gasteiger partial charge in [-0.25, -0.2) is 9.78 Å². The molecule has 0 aliphatic carbocycles. The highest BCUT2D eigenvalue weighted by atomic mass is 32.1. The number of carboxylic acids is 1. The van der Waals surface area contributed by atoms with Crippen LogP contribution in [-0.4, -0.2) is 73.7 Å². The first-order chi connectivity index (χ1) is 18.6. The van der Waals surface area contributed by atoms with Crippen molar-refractivity contribution in [3.8, 4) is 0 Å². The van der Waals surface area contributed by atoms with Gasteiger partial charge in [0.25, 0.3) is 0 Å². The van der Waals surface area contributed by atoms with Crippen LogP contribution in [0.3, 0.4) is 0 Å². The van der Waals surface area contributed by atoms with E-state index in [2.05, 4.69) is 43.5 Å². The lowest BCUT2D eigenvalue weighted by Crippen LogP contribution is -2.58. The number of aliphatic carboxylic acids is 1. The monoisotopic (exact) mass is 557 g/mol. The van der Waals surface area contributed by atoms with Crippen molar-refractivity contribution in [3.63, 3.8) is 0 Å². The summed E-state index contributed by atoms with van der Waals surface area (Å²) in [4.78, 5) is 60.7. The normalized spacial score (nSPS) is 14.4. The molecule has 4 atom stereocenters. The Labute approximate surface area is 231 Å². The Kier molecular flexibility index (Phi) is 10.5. The third-order valence-electron chi connectivity index (χ3n) is 6.20. The van der Waals surface area contributed by atoms with Gasteiger partial charge in [0.1, 0.15) is 18.1 Å². The van der Waals surface area contributed by atoms with Gasteiger partial charge < -0.3 is 36.8 Å². The van der Waals surface area contributed by atoms with E-state index in [1.165, 1.54) is 6.33 Å². The van der Waals surface area contributed by atoms with E-state index in [-0.39, 0.29) is 30.9 Å². The summed E-state index contributed by atoms with van der Waals surface area (Å²) in [5.74, 6) is -3.06. The number of rotatable bonds is 14. The number of aromatic nitrogens is 3. The second-order valence-electron chi connectivity index (χ2n) is 9.78. The van der Waals surface area contributed by atoms with Gasteiger partial charge in [0, 0.05) is 47.6 Å². The predicted octanol–water partition coefficient (Wildman–Crippen LogP) is 0.518. The molecule has 0 saturated carbocycles. The first-order valence-electron chi connectivity index (χ1n) is 12.6. The molecule has 210 valence electrons. The molecule has 3 aromatic rings. The zero-order valence-corrected chi connectivity index (χ0v) is 22.7. The van der Waals surface area contributed by atoms with Crippen molar-refractivity contribution in [3.05, 3.63) is 54.2 Å². The zero-order chi connectivity index (χ0) is 28.5. The lowest BCUT2D eigenvalue weighted by molar-refractivity contribution is -0.142. The van der Waals surface area contributed by atoms with Crippen molar-refractivity contribution in [2.24, 2.45) is 11.7 Å². The number of carbonyl (C=O) groups is 4. The van der Waals surface area contributed by atoms with Gasteiger partial charge in [-0.15, -0.1) is 0 Å². The molecule has 4 unspecified atom stereocenters. The lowest BCUT2D eigenvalue weighted by Gasteiger charge is -2.25. The molecule has 0 radical (unpaired) electrons. The summed E-state index contributed by atoms with van der Waals surface area (Å²) in [6, 6.07) is 3.23. The molecule has 2 aromatic heterocycles. The minimum Gasteiger partial charge on any atom is -0.480 e. The summed E-state index contributed by atoms with van der Waals surface area (Å²) in [7, 11) is 0. The molecule has 8 N–H and O–H groups in total. The standard InChI is InChI=1S/C26H35N7O5S/c1-14(2)7-20(31-25(36)22(12-39)33-23(34)18(27)9-16-11-28-13-30-16)24(35)32-21(26(37)38)8-15-10-29-19-6-4-3-5-17(15)19/h3-6,10-11,13-14,18,20-22,29,39H,7-9,12,27H2,1-2H3,(H,28,30)(H,31,36)(H,32,35)(H,33,34)(H,37,38). The largest absolute Gasteiger partial charge is 0.480 e. The number of thiol groups is 1. The fraction of sp³-hybridized carbons (Fsp3) is 0.423. The molecular weight excluding hydrogens is 522 g/mol. The summed E-state index contributed by atoms with van der Waals surface area (Å²) < 4.78 is 0. The number of H-pyrrole nitrogens is 2. The molecule has 0 aliphatic rings. The molecule has 3 amide bonds. The van der Waals surface area contributed by atoms with Crippen molar-refractivity contribution in [1.29, 1.82) is 0 Å². The zero-order valence-electron chi connectivity index (χ0n) is 21.8. The number of fused-ring (bicyclic) bond motifs is 1. The maximum atomic E-state index is 13.2. The van der Waals surface area contributed by atoms with Crippen LogP contribution in [0.2, 0.25) is 0 Å². The third-order valence-corrected chi connectivity index (χ3v) is 6.57. The average molecular weight is 558 g/mol. The maximum absolute atomic E-state index is 13.2. The number of aromatic amines is 2. The van der Waals surface area contributed by atoms with Crippen LogP contribution in [0.5, 0.6) is 0 Å². The smallest absolute Gasteiger partial charge is 0.326 e. The minimum absolute atomic E-state index is 0.00446. The first kappa shape index (κ1) is 29.7. The van der Waals surface area contributed by atoms with Crippen molar-refractivity contribution in [2.75, 3.05) is 5.75 Å². The highest BCUT2D eigenvalue weighted by Gasteiger charge is 2.31. The van der Waals surface area contributed by atoms with Crippen LogP contribution in [0, 0.1) is 5.92 Å².